The van der Waals surface area contributed by atoms with E-state index >= 15 is 0 Å². The van der Waals surface area contributed by atoms with Crippen molar-refractivity contribution in [2.24, 2.45) is 0 Å². The predicted octanol–water partition coefficient (Wildman–Crippen LogP) is 2.27. The van der Waals surface area contributed by atoms with Crippen LogP contribution in [0.3, 0.4) is 0 Å². The molecule has 1 aromatic carbocycles. The summed E-state index contributed by atoms with van der Waals surface area (Å²) in [5.41, 5.74) is 1.84. The fourth-order valence-corrected chi connectivity index (χ4v) is 7.66. The van der Waals surface area contributed by atoms with Crippen molar-refractivity contribution in [3.8, 4) is 0 Å². The number of hydrazine groups is 1. The van der Waals surface area contributed by atoms with E-state index in [1.165, 1.54) is 17.1 Å². The molecule has 0 radical (unpaired) electrons. The lowest BCUT2D eigenvalue weighted by Gasteiger charge is -2.33. The molecule has 2 fully saturated rings. The van der Waals surface area contributed by atoms with Crippen molar-refractivity contribution in [1.29, 1.82) is 0 Å². The van der Waals surface area contributed by atoms with Crippen molar-refractivity contribution in [1.82, 2.24) is 10.0 Å². The number of hydrogen-bond acceptors (Lipinski definition) is 6. The molecule has 5 nitrogen and oxygen atoms in total. The van der Waals surface area contributed by atoms with Crippen LogP contribution in [0.4, 0.5) is 0 Å². The minimum atomic E-state index is -3.03. The normalized spacial score (nSPS) is 23.7. The van der Waals surface area contributed by atoms with Gasteiger partial charge in [-0.05, 0) is 24.1 Å². The summed E-state index contributed by atoms with van der Waals surface area (Å²) in [6, 6.07) is 7.47. The minimum absolute atomic E-state index is 0.0460. The molecule has 0 spiro atoms. The lowest BCUT2D eigenvalue weighted by molar-refractivity contribution is 0.00101. The van der Waals surface area contributed by atoms with Crippen molar-refractivity contribution >= 4 is 39.3 Å². The van der Waals surface area contributed by atoms with Gasteiger partial charge >= 0.3 is 0 Å². The molecule has 1 aromatic rings. The second-order valence-corrected chi connectivity index (χ2v) is 11.2. The van der Waals surface area contributed by atoms with Gasteiger partial charge in [0.25, 0.3) is 5.91 Å². The highest BCUT2D eigenvalue weighted by molar-refractivity contribution is 8.19. The Kier molecular flexibility index (Phi) is 5.48. The van der Waals surface area contributed by atoms with E-state index in [0.29, 0.717) is 16.6 Å². The number of benzene rings is 1. The number of rotatable bonds is 4. The van der Waals surface area contributed by atoms with Crippen LogP contribution in [-0.4, -0.2) is 67.5 Å². The molecule has 1 atom stereocenters. The van der Waals surface area contributed by atoms with Gasteiger partial charge in [-0.1, -0.05) is 12.1 Å². The van der Waals surface area contributed by atoms with E-state index in [0.717, 1.165) is 0 Å². The van der Waals surface area contributed by atoms with Crippen molar-refractivity contribution < 1.29 is 13.2 Å². The molecule has 2 heterocycles. The van der Waals surface area contributed by atoms with Crippen LogP contribution in [0.1, 0.15) is 26.9 Å². The number of hydrogen-bond donors (Lipinski definition) is 0. The molecule has 2 aliphatic heterocycles. The fourth-order valence-electron chi connectivity index (χ4n) is 3.11. The highest BCUT2D eigenvalue weighted by atomic mass is 32.2. The lowest BCUT2D eigenvalue weighted by atomic mass is 10.1. The highest BCUT2D eigenvalue weighted by Gasteiger charge is 2.36. The van der Waals surface area contributed by atoms with Gasteiger partial charge in [-0.3, -0.25) is 9.80 Å². The molecule has 2 aliphatic rings. The summed E-state index contributed by atoms with van der Waals surface area (Å²) in [6.07, 6.45) is 0.500. The standard InChI is InChI=1S/C16H22N2O3S3/c1-17(2)18(14-7-10-24(20,21)11-14)15(19)12-3-5-13(6-4-12)16-22-8-9-23-16/h3-6,14,16H,7-11H2,1-2H3/t14-/m0/s1. The van der Waals surface area contributed by atoms with Crippen LogP contribution in [0.5, 0.6) is 0 Å². The summed E-state index contributed by atoms with van der Waals surface area (Å²) in [6.45, 7) is 0. The molecular formula is C16H22N2O3S3. The van der Waals surface area contributed by atoms with E-state index < -0.39 is 9.84 Å². The Morgan fingerprint density at radius 3 is 2.25 bits per heavy atom. The van der Waals surface area contributed by atoms with Crippen LogP contribution >= 0.6 is 23.5 Å². The van der Waals surface area contributed by atoms with Gasteiger partial charge in [-0.2, -0.15) is 0 Å². The first-order chi connectivity index (χ1) is 11.4. The Balaban J connectivity index is 1.77. The number of amides is 1. The molecule has 0 aliphatic carbocycles. The largest absolute Gasteiger partial charge is 0.268 e. The zero-order valence-corrected chi connectivity index (χ0v) is 16.3. The first-order valence-electron chi connectivity index (χ1n) is 7.92. The summed E-state index contributed by atoms with van der Waals surface area (Å²) in [5.74, 6) is 2.40. The Bertz CT molecular complexity index is 698. The molecule has 0 unspecified atom stereocenters. The smallest absolute Gasteiger partial charge is 0.268 e. The molecule has 0 saturated carbocycles. The lowest BCUT2D eigenvalue weighted by Crippen LogP contribution is -2.49. The minimum Gasteiger partial charge on any atom is -0.268 e. The van der Waals surface area contributed by atoms with Gasteiger partial charge < -0.3 is 0 Å². The fraction of sp³-hybridized carbons (Fsp3) is 0.562. The highest BCUT2D eigenvalue weighted by Crippen LogP contribution is 2.45. The Labute approximate surface area is 152 Å². The van der Waals surface area contributed by atoms with Gasteiger partial charge in [0, 0.05) is 31.2 Å². The summed E-state index contributed by atoms with van der Waals surface area (Å²) in [5, 5.41) is 3.28. The monoisotopic (exact) mass is 386 g/mol. The third-order valence-electron chi connectivity index (χ3n) is 4.24. The molecule has 2 saturated heterocycles. The van der Waals surface area contributed by atoms with E-state index in [2.05, 4.69) is 0 Å². The van der Waals surface area contributed by atoms with E-state index in [-0.39, 0.29) is 23.5 Å². The summed E-state index contributed by atoms with van der Waals surface area (Å²) in [4.78, 5) is 12.9. The van der Waals surface area contributed by atoms with Gasteiger partial charge in [0.2, 0.25) is 0 Å². The zero-order chi connectivity index (χ0) is 17.3. The van der Waals surface area contributed by atoms with Gasteiger partial charge in [-0.25, -0.2) is 13.4 Å². The molecule has 132 valence electrons. The Hall–Kier alpha value is -0.700. The molecule has 1 amide bonds. The van der Waals surface area contributed by atoms with Gasteiger partial charge in [-0.15, -0.1) is 23.5 Å². The average molecular weight is 387 g/mol. The van der Waals surface area contributed by atoms with Crippen molar-refractivity contribution in [2.45, 2.75) is 17.0 Å². The second kappa shape index (κ2) is 7.27. The average Bonchev–Trinajstić information content (AvgIpc) is 3.17. The Morgan fingerprint density at radius 1 is 1.12 bits per heavy atom. The van der Waals surface area contributed by atoms with Crippen molar-refractivity contribution in [2.75, 3.05) is 37.1 Å². The first kappa shape index (κ1) is 18.1. The molecule has 8 heteroatoms. The summed E-state index contributed by atoms with van der Waals surface area (Å²) in [7, 11) is 0.528. The van der Waals surface area contributed by atoms with Crippen molar-refractivity contribution in [3.63, 3.8) is 0 Å². The molecule has 24 heavy (non-hydrogen) atoms. The van der Waals surface area contributed by atoms with E-state index in [9.17, 15) is 13.2 Å². The molecule has 0 bridgehead atoms. The molecule has 0 N–H and O–H groups in total. The van der Waals surface area contributed by atoms with Gasteiger partial charge in [0.15, 0.2) is 9.84 Å². The quantitative estimate of drug-likeness (QED) is 0.740. The van der Waals surface area contributed by atoms with Crippen LogP contribution in [0.25, 0.3) is 0 Å². The van der Waals surface area contributed by atoms with Crippen molar-refractivity contribution in [3.05, 3.63) is 35.4 Å². The number of sulfone groups is 1. The van der Waals surface area contributed by atoms with Gasteiger partial charge in [0.1, 0.15) is 0 Å². The number of carbonyl (C=O) groups is 1. The zero-order valence-electron chi connectivity index (χ0n) is 13.8. The van der Waals surface area contributed by atoms with Crippen LogP contribution in [-0.2, 0) is 9.84 Å². The van der Waals surface area contributed by atoms with E-state index in [1.807, 2.05) is 47.8 Å². The van der Waals surface area contributed by atoms with Crippen LogP contribution in [0, 0.1) is 0 Å². The maximum Gasteiger partial charge on any atom is 0.268 e. The third-order valence-corrected chi connectivity index (χ3v) is 9.10. The summed E-state index contributed by atoms with van der Waals surface area (Å²) < 4.78 is 24.0. The topological polar surface area (TPSA) is 57.7 Å². The third kappa shape index (κ3) is 3.92. The first-order valence-corrected chi connectivity index (χ1v) is 11.8. The van der Waals surface area contributed by atoms with Crippen LogP contribution in [0.2, 0.25) is 0 Å². The maximum absolute atomic E-state index is 12.9. The molecule has 3 rings (SSSR count). The molecular weight excluding hydrogens is 364 g/mol. The Morgan fingerprint density at radius 2 is 1.75 bits per heavy atom. The summed E-state index contributed by atoms with van der Waals surface area (Å²) >= 11 is 3.87. The molecule has 0 aromatic heterocycles. The van der Waals surface area contributed by atoms with E-state index in [1.54, 1.807) is 24.1 Å². The number of thioether (sulfide) groups is 2. The second-order valence-electron chi connectivity index (χ2n) is 6.25. The van der Waals surface area contributed by atoms with Gasteiger partial charge in [0.05, 0.1) is 22.1 Å². The van der Waals surface area contributed by atoms with Crippen LogP contribution < -0.4 is 0 Å². The SMILES string of the molecule is CN(C)N(C(=O)c1ccc(C2SCCS2)cc1)[C@H]1CCS(=O)(=O)C1. The number of nitrogens with zero attached hydrogens (tertiary/aromatic N) is 2. The maximum atomic E-state index is 12.9. The predicted molar refractivity (Wildman–Crippen MR) is 101 cm³/mol. The van der Waals surface area contributed by atoms with E-state index in [4.69, 9.17) is 0 Å². The van der Waals surface area contributed by atoms with Crippen LogP contribution in [0.15, 0.2) is 24.3 Å². The number of carbonyl (C=O) groups excluding carboxylic acids is 1.